The van der Waals surface area contributed by atoms with Crippen LogP contribution in [0.1, 0.15) is 44.3 Å². The van der Waals surface area contributed by atoms with E-state index in [1.165, 1.54) is 12.8 Å². The number of fused-ring (bicyclic) bond motifs is 1. The molecule has 2 aliphatic heterocycles. The van der Waals surface area contributed by atoms with Gasteiger partial charge < -0.3 is 14.8 Å². The van der Waals surface area contributed by atoms with Crippen LogP contribution in [-0.2, 0) is 22.6 Å². The molecule has 1 saturated carbocycles. The highest BCUT2D eigenvalue weighted by molar-refractivity contribution is 5.97. The molecular formula is C21H25N5O2. The SMILES string of the molecule is O=C(Nc1ccc(-c2nnc3n2CCCCC3)cc1)C1CC(=O)N(C2CC2)C1. The first-order chi connectivity index (χ1) is 13.7. The summed E-state index contributed by atoms with van der Waals surface area (Å²) in [4.78, 5) is 26.5. The van der Waals surface area contributed by atoms with Crippen LogP contribution in [0.4, 0.5) is 5.69 Å². The van der Waals surface area contributed by atoms with Crippen molar-refractivity contribution in [1.29, 1.82) is 0 Å². The molecule has 7 heteroatoms. The molecule has 1 aromatic heterocycles. The number of likely N-dealkylation sites (tertiary alicyclic amines) is 1. The molecule has 2 fully saturated rings. The van der Waals surface area contributed by atoms with Crippen molar-refractivity contribution in [3.8, 4) is 11.4 Å². The van der Waals surface area contributed by atoms with E-state index in [0.29, 0.717) is 19.0 Å². The van der Waals surface area contributed by atoms with E-state index in [0.717, 1.165) is 55.1 Å². The van der Waals surface area contributed by atoms with Gasteiger partial charge in [-0.15, -0.1) is 10.2 Å². The Morgan fingerprint density at radius 2 is 1.89 bits per heavy atom. The second-order valence-electron chi connectivity index (χ2n) is 8.15. The summed E-state index contributed by atoms with van der Waals surface area (Å²) >= 11 is 0. The predicted molar refractivity (Wildman–Crippen MR) is 104 cm³/mol. The van der Waals surface area contributed by atoms with Gasteiger partial charge in [-0.05, 0) is 49.9 Å². The molecule has 1 saturated heterocycles. The van der Waals surface area contributed by atoms with Crippen LogP contribution in [0.25, 0.3) is 11.4 Å². The van der Waals surface area contributed by atoms with E-state index in [2.05, 4.69) is 20.1 Å². The van der Waals surface area contributed by atoms with Crippen molar-refractivity contribution in [2.75, 3.05) is 11.9 Å². The van der Waals surface area contributed by atoms with Gasteiger partial charge in [-0.3, -0.25) is 9.59 Å². The zero-order chi connectivity index (χ0) is 19.1. The van der Waals surface area contributed by atoms with E-state index in [4.69, 9.17) is 0 Å². The number of nitrogens with zero attached hydrogens (tertiary/aromatic N) is 4. The average molecular weight is 379 g/mol. The zero-order valence-corrected chi connectivity index (χ0v) is 15.9. The van der Waals surface area contributed by atoms with Crippen LogP contribution in [0.2, 0.25) is 0 Å². The number of hydrogen-bond donors (Lipinski definition) is 1. The van der Waals surface area contributed by atoms with Gasteiger partial charge in [0.25, 0.3) is 0 Å². The molecule has 1 unspecified atom stereocenters. The summed E-state index contributed by atoms with van der Waals surface area (Å²) in [6, 6.07) is 8.15. The number of hydrogen-bond acceptors (Lipinski definition) is 4. The maximum atomic E-state index is 12.6. The van der Waals surface area contributed by atoms with Crippen LogP contribution in [0, 0.1) is 5.92 Å². The average Bonchev–Trinajstić information content (AvgIpc) is 3.42. The number of amides is 2. The topological polar surface area (TPSA) is 80.1 Å². The first-order valence-electron chi connectivity index (χ1n) is 10.3. The van der Waals surface area contributed by atoms with E-state index >= 15 is 0 Å². The lowest BCUT2D eigenvalue weighted by Gasteiger charge is -2.15. The Morgan fingerprint density at radius 1 is 1.07 bits per heavy atom. The third kappa shape index (κ3) is 3.30. The van der Waals surface area contributed by atoms with Gasteiger partial charge in [-0.1, -0.05) is 6.42 Å². The molecule has 0 spiro atoms. The minimum Gasteiger partial charge on any atom is -0.339 e. The third-order valence-electron chi connectivity index (χ3n) is 6.04. The zero-order valence-electron chi connectivity index (χ0n) is 15.9. The number of carbonyl (C=O) groups excluding carboxylic acids is 2. The van der Waals surface area contributed by atoms with Crippen molar-refractivity contribution in [1.82, 2.24) is 19.7 Å². The first kappa shape index (κ1) is 17.4. The molecule has 1 aromatic carbocycles. The molecule has 0 bridgehead atoms. The van der Waals surface area contributed by atoms with Crippen molar-refractivity contribution in [3.05, 3.63) is 30.1 Å². The Morgan fingerprint density at radius 3 is 2.68 bits per heavy atom. The Kier molecular flexibility index (Phi) is 4.37. The lowest BCUT2D eigenvalue weighted by atomic mass is 10.1. The number of nitrogens with one attached hydrogen (secondary N) is 1. The lowest BCUT2D eigenvalue weighted by Crippen LogP contribution is -2.29. The van der Waals surface area contributed by atoms with Crippen molar-refractivity contribution >= 4 is 17.5 Å². The molecular weight excluding hydrogens is 354 g/mol. The fourth-order valence-corrected chi connectivity index (χ4v) is 4.29. The first-order valence-corrected chi connectivity index (χ1v) is 10.3. The molecule has 2 amide bonds. The summed E-state index contributed by atoms with van der Waals surface area (Å²) < 4.78 is 2.22. The van der Waals surface area contributed by atoms with Gasteiger partial charge in [0, 0.05) is 43.2 Å². The van der Waals surface area contributed by atoms with Gasteiger partial charge in [-0.25, -0.2) is 0 Å². The van der Waals surface area contributed by atoms with Crippen LogP contribution >= 0.6 is 0 Å². The number of rotatable bonds is 4. The molecule has 2 aromatic rings. The van der Waals surface area contributed by atoms with Gasteiger partial charge in [0.05, 0.1) is 5.92 Å². The number of benzene rings is 1. The maximum absolute atomic E-state index is 12.6. The number of aryl methyl sites for hydroxylation is 1. The molecule has 28 heavy (non-hydrogen) atoms. The third-order valence-corrected chi connectivity index (χ3v) is 6.04. The standard InChI is InChI=1S/C21H25N5O2/c27-19-12-15(13-26(19)17-9-10-17)21(28)22-16-7-5-14(6-8-16)20-24-23-18-4-2-1-3-11-25(18)20/h5-8,15,17H,1-4,9-13H2,(H,22,28). The summed E-state index contributed by atoms with van der Waals surface area (Å²) in [5, 5.41) is 11.7. The molecule has 0 radical (unpaired) electrons. The fraction of sp³-hybridized carbons (Fsp3) is 0.524. The highest BCUT2D eigenvalue weighted by atomic mass is 16.2. The molecule has 146 valence electrons. The summed E-state index contributed by atoms with van der Waals surface area (Å²) in [6.45, 7) is 1.52. The van der Waals surface area contributed by atoms with Gasteiger partial charge in [0.1, 0.15) is 5.82 Å². The van der Waals surface area contributed by atoms with E-state index in [9.17, 15) is 9.59 Å². The van der Waals surface area contributed by atoms with Crippen LogP contribution in [0.5, 0.6) is 0 Å². The Labute approximate surface area is 164 Å². The van der Waals surface area contributed by atoms with Gasteiger partial charge >= 0.3 is 0 Å². The minimum atomic E-state index is -0.250. The van der Waals surface area contributed by atoms with Gasteiger partial charge in [0.15, 0.2) is 5.82 Å². The summed E-state index contributed by atoms with van der Waals surface area (Å²) in [7, 11) is 0. The lowest BCUT2D eigenvalue weighted by molar-refractivity contribution is -0.128. The highest BCUT2D eigenvalue weighted by Gasteiger charge is 2.41. The fourth-order valence-electron chi connectivity index (χ4n) is 4.29. The van der Waals surface area contributed by atoms with Crippen molar-refractivity contribution in [2.24, 2.45) is 5.92 Å². The minimum absolute atomic E-state index is 0.0689. The molecule has 3 heterocycles. The van der Waals surface area contributed by atoms with E-state index in [1.54, 1.807) is 0 Å². The molecule has 5 rings (SSSR count). The summed E-state index contributed by atoms with van der Waals surface area (Å²) in [5.74, 6) is 1.76. The van der Waals surface area contributed by atoms with Crippen molar-refractivity contribution < 1.29 is 9.59 Å². The van der Waals surface area contributed by atoms with Crippen molar-refractivity contribution in [2.45, 2.75) is 57.5 Å². The second-order valence-corrected chi connectivity index (χ2v) is 8.15. The van der Waals surface area contributed by atoms with Crippen LogP contribution in [-0.4, -0.2) is 44.1 Å². The Bertz CT molecular complexity index is 900. The van der Waals surface area contributed by atoms with E-state index in [-0.39, 0.29) is 17.7 Å². The monoisotopic (exact) mass is 379 g/mol. The van der Waals surface area contributed by atoms with Gasteiger partial charge in [-0.2, -0.15) is 0 Å². The number of anilines is 1. The highest BCUT2D eigenvalue weighted by Crippen LogP contribution is 2.33. The van der Waals surface area contributed by atoms with Gasteiger partial charge in [0.2, 0.25) is 11.8 Å². The van der Waals surface area contributed by atoms with Crippen LogP contribution < -0.4 is 5.32 Å². The molecule has 3 aliphatic rings. The Hall–Kier alpha value is -2.70. The largest absolute Gasteiger partial charge is 0.339 e. The maximum Gasteiger partial charge on any atom is 0.229 e. The van der Waals surface area contributed by atoms with Crippen molar-refractivity contribution in [3.63, 3.8) is 0 Å². The predicted octanol–water partition coefficient (Wildman–Crippen LogP) is 2.62. The summed E-state index contributed by atoms with van der Waals surface area (Å²) in [5.41, 5.74) is 1.76. The Balaban J connectivity index is 1.26. The quantitative estimate of drug-likeness (QED) is 0.886. The number of aromatic nitrogens is 3. The molecule has 1 atom stereocenters. The van der Waals surface area contributed by atoms with E-state index < -0.39 is 0 Å². The normalized spacial score (nSPS) is 22.1. The molecule has 7 nitrogen and oxygen atoms in total. The van der Waals surface area contributed by atoms with E-state index in [1.807, 2.05) is 29.2 Å². The van der Waals surface area contributed by atoms with Crippen LogP contribution in [0.3, 0.4) is 0 Å². The number of carbonyl (C=O) groups is 2. The summed E-state index contributed by atoms with van der Waals surface area (Å²) in [6.07, 6.45) is 7.03. The second kappa shape index (κ2) is 7.04. The smallest absolute Gasteiger partial charge is 0.229 e. The molecule has 1 N–H and O–H groups in total. The molecule has 1 aliphatic carbocycles. The van der Waals surface area contributed by atoms with Crippen LogP contribution in [0.15, 0.2) is 24.3 Å².